The number of nitrogens with zero attached hydrogens (tertiary/aromatic N) is 4. The molecule has 0 atom stereocenters. The maximum absolute atomic E-state index is 13.1. The zero-order valence-electron chi connectivity index (χ0n) is 16.1. The van der Waals surface area contributed by atoms with Crippen LogP contribution in [0, 0.1) is 0 Å². The van der Waals surface area contributed by atoms with Crippen molar-refractivity contribution in [2.24, 2.45) is 0 Å². The average molecular weight is 378 g/mol. The van der Waals surface area contributed by atoms with Crippen molar-refractivity contribution in [2.75, 3.05) is 13.8 Å². The van der Waals surface area contributed by atoms with Crippen LogP contribution in [0.15, 0.2) is 48.8 Å². The summed E-state index contributed by atoms with van der Waals surface area (Å²) in [6, 6.07) is 11.4. The molecule has 1 aliphatic heterocycles. The summed E-state index contributed by atoms with van der Waals surface area (Å²) in [5.74, 6) is 2.18. The van der Waals surface area contributed by atoms with Crippen molar-refractivity contribution in [3.63, 3.8) is 0 Å². The molecule has 0 fully saturated rings. The van der Waals surface area contributed by atoms with Gasteiger partial charge in [0, 0.05) is 19.8 Å². The van der Waals surface area contributed by atoms with Gasteiger partial charge in [-0.15, -0.1) is 0 Å². The molecule has 0 saturated carbocycles. The fourth-order valence-corrected chi connectivity index (χ4v) is 3.33. The molecule has 1 aromatic carbocycles. The van der Waals surface area contributed by atoms with E-state index in [-0.39, 0.29) is 18.6 Å². The lowest BCUT2D eigenvalue weighted by atomic mass is 10.0. The molecule has 4 rings (SSSR count). The van der Waals surface area contributed by atoms with Gasteiger partial charge < -0.3 is 14.4 Å². The first-order chi connectivity index (χ1) is 13.5. The van der Waals surface area contributed by atoms with Crippen LogP contribution >= 0.6 is 0 Å². The summed E-state index contributed by atoms with van der Waals surface area (Å²) < 4.78 is 12.5. The highest BCUT2D eigenvalue weighted by molar-refractivity contribution is 5.95. The van der Waals surface area contributed by atoms with Crippen molar-refractivity contribution in [3.8, 4) is 17.3 Å². The molecule has 3 aromatic rings. The Balaban J connectivity index is 1.60. The van der Waals surface area contributed by atoms with Crippen molar-refractivity contribution in [1.29, 1.82) is 0 Å². The normalized spacial score (nSPS) is 12.4. The van der Waals surface area contributed by atoms with Gasteiger partial charge in [0.15, 0.2) is 17.3 Å². The molecule has 28 heavy (non-hydrogen) atoms. The third-order valence-corrected chi connectivity index (χ3v) is 4.65. The highest BCUT2D eigenvalue weighted by atomic mass is 16.7. The van der Waals surface area contributed by atoms with Crippen molar-refractivity contribution in [2.45, 2.75) is 26.3 Å². The van der Waals surface area contributed by atoms with E-state index in [2.05, 4.69) is 10.1 Å². The highest BCUT2D eigenvalue weighted by Crippen LogP contribution is 2.33. The SMILES string of the molecule is CC(C)c1c(C(=O)N(C)Cc2ccc3c(c2)OCO3)cnn1-c1ccccn1. The average Bonchev–Trinajstić information content (AvgIpc) is 3.34. The number of benzene rings is 1. The molecule has 0 unspecified atom stereocenters. The first kappa shape index (κ1) is 18.0. The van der Waals surface area contributed by atoms with E-state index in [0.717, 1.165) is 17.0 Å². The van der Waals surface area contributed by atoms with E-state index in [1.54, 1.807) is 29.0 Å². The minimum atomic E-state index is -0.0800. The number of carbonyl (C=O) groups excluding carboxylic acids is 1. The lowest BCUT2D eigenvalue weighted by Crippen LogP contribution is -2.27. The molecule has 0 saturated heterocycles. The summed E-state index contributed by atoms with van der Waals surface area (Å²) >= 11 is 0. The van der Waals surface area contributed by atoms with Crippen LogP contribution in [0.2, 0.25) is 0 Å². The molecule has 3 heterocycles. The van der Waals surface area contributed by atoms with Gasteiger partial charge in [-0.25, -0.2) is 9.67 Å². The van der Waals surface area contributed by atoms with E-state index in [1.165, 1.54) is 0 Å². The Bertz CT molecular complexity index is 998. The third-order valence-electron chi connectivity index (χ3n) is 4.65. The molecule has 144 valence electrons. The van der Waals surface area contributed by atoms with Gasteiger partial charge >= 0.3 is 0 Å². The van der Waals surface area contributed by atoms with Crippen LogP contribution in [0.1, 0.15) is 41.4 Å². The van der Waals surface area contributed by atoms with Crippen molar-refractivity contribution >= 4 is 5.91 Å². The van der Waals surface area contributed by atoms with Crippen LogP contribution in [-0.2, 0) is 6.54 Å². The number of rotatable bonds is 5. The van der Waals surface area contributed by atoms with Gasteiger partial charge in [-0.3, -0.25) is 4.79 Å². The monoisotopic (exact) mass is 378 g/mol. The minimum absolute atomic E-state index is 0.0800. The number of hydrogen-bond donors (Lipinski definition) is 0. The predicted molar refractivity (Wildman–Crippen MR) is 104 cm³/mol. The van der Waals surface area contributed by atoms with Gasteiger partial charge in [0.2, 0.25) is 6.79 Å². The van der Waals surface area contributed by atoms with E-state index in [9.17, 15) is 4.79 Å². The summed E-state index contributed by atoms with van der Waals surface area (Å²) in [5.41, 5.74) is 2.41. The maximum Gasteiger partial charge on any atom is 0.257 e. The van der Waals surface area contributed by atoms with E-state index >= 15 is 0 Å². The number of aromatic nitrogens is 3. The molecule has 0 radical (unpaired) electrons. The van der Waals surface area contributed by atoms with Crippen molar-refractivity contribution < 1.29 is 14.3 Å². The number of carbonyl (C=O) groups is 1. The Hall–Kier alpha value is -3.35. The summed E-state index contributed by atoms with van der Waals surface area (Å²) in [7, 11) is 1.79. The van der Waals surface area contributed by atoms with Crippen LogP contribution in [0.3, 0.4) is 0 Å². The largest absolute Gasteiger partial charge is 0.454 e. The van der Waals surface area contributed by atoms with Crippen LogP contribution in [0.4, 0.5) is 0 Å². The molecular formula is C21H22N4O3. The Morgan fingerprint density at radius 1 is 1.21 bits per heavy atom. The smallest absolute Gasteiger partial charge is 0.257 e. The summed E-state index contributed by atoms with van der Waals surface area (Å²) in [6.07, 6.45) is 3.34. The Kier molecular flexibility index (Phi) is 4.73. The number of hydrogen-bond acceptors (Lipinski definition) is 5. The fourth-order valence-electron chi connectivity index (χ4n) is 3.33. The van der Waals surface area contributed by atoms with Gasteiger partial charge in [-0.05, 0) is 35.7 Å². The Morgan fingerprint density at radius 3 is 2.79 bits per heavy atom. The lowest BCUT2D eigenvalue weighted by molar-refractivity contribution is 0.0783. The second kappa shape index (κ2) is 7.34. The van der Waals surface area contributed by atoms with Crippen LogP contribution in [0.25, 0.3) is 5.82 Å². The first-order valence-corrected chi connectivity index (χ1v) is 9.18. The molecule has 2 aromatic heterocycles. The van der Waals surface area contributed by atoms with E-state index in [0.29, 0.717) is 23.7 Å². The van der Waals surface area contributed by atoms with Gasteiger partial charge in [-0.1, -0.05) is 26.0 Å². The van der Waals surface area contributed by atoms with E-state index in [4.69, 9.17) is 9.47 Å². The molecule has 0 aliphatic carbocycles. The van der Waals surface area contributed by atoms with Gasteiger partial charge in [0.25, 0.3) is 5.91 Å². The highest BCUT2D eigenvalue weighted by Gasteiger charge is 2.24. The zero-order chi connectivity index (χ0) is 19.7. The maximum atomic E-state index is 13.1. The molecule has 1 aliphatic rings. The molecule has 0 bridgehead atoms. The number of ether oxygens (including phenoxy) is 2. The van der Waals surface area contributed by atoms with Gasteiger partial charge in [0.1, 0.15) is 0 Å². The topological polar surface area (TPSA) is 69.5 Å². The minimum Gasteiger partial charge on any atom is -0.454 e. The molecule has 1 amide bonds. The second-order valence-electron chi connectivity index (χ2n) is 7.05. The summed E-state index contributed by atoms with van der Waals surface area (Å²) in [6.45, 7) is 4.79. The molecule has 0 N–H and O–H groups in total. The van der Waals surface area contributed by atoms with Crippen molar-refractivity contribution in [3.05, 3.63) is 65.6 Å². The van der Waals surface area contributed by atoms with Gasteiger partial charge in [-0.2, -0.15) is 5.10 Å². The predicted octanol–water partition coefficient (Wildman–Crippen LogP) is 3.39. The second-order valence-corrected chi connectivity index (χ2v) is 7.05. The number of amides is 1. The van der Waals surface area contributed by atoms with E-state index in [1.807, 2.05) is 50.2 Å². The zero-order valence-corrected chi connectivity index (χ0v) is 16.1. The van der Waals surface area contributed by atoms with Crippen LogP contribution in [0.5, 0.6) is 11.5 Å². The summed E-state index contributed by atoms with van der Waals surface area (Å²) in [5, 5.41) is 4.44. The van der Waals surface area contributed by atoms with E-state index < -0.39 is 0 Å². The summed E-state index contributed by atoms with van der Waals surface area (Å²) in [4.78, 5) is 19.2. The Morgan fingerprint density at radius 2 is 2.04 bits per heavy atom. The molecule has 0 spiro atoms. The molecular weight excluding hydrogens is 356 g/mol. The quantitative estimate of drug-likeness (QED) is 0.681. The number of pyridine rings is 1. The Labute approximate surface area is 163 Å². The van der Waals surface area contributed by atoms with Crippen LogP contribution < -0.4 is 9.47 Å². The van der Waals surface area contributed by atoms with Gasteiger partial charge in [0.05, 0.1) is 17.5 Å². The standard InChI is InChI=1S/C21H22N4O3/c1-14(2)20-16(11-23-25(20)19-6-4-5-9-22-19)21(26)24(3)12-15-7-8-17-18(10-15)28-13-27-17/h4-11,14H,12-13H2,1-3H3. The fraction of sp³-hybridized carbons (Fsp3) is 0.286. The lowest BCUT2D eigenvalue weighted by Gasteiger charge is -2.19. The molecule has 7 heteroatoms. The number of fused-ring (bicyclic) bond motifs is 1. The first-order valence-electron chi connectivity index (χ1n) is 9.18. The third kappa shape index (κ3) is 3.31. The van der Waals surface area contributed by atoms with Crippen molar-refractivity contribution in [1.82, 2.24) is 19.7 Å². The molecule has 7 nitrogen and oxygen atoms in total. The van der Waals surface area contributed by atoms with Crippen LogP contribution in [-0.4, -0.2) is 39.4 Å².